The third kappa shape index (κ3) is 4.08. The summed E-state index contributed by atoms with van der Waals surface area (Å²) in [4.78, 5) is 24.2. The molecule has 2 amide bonds. The van der Waals surface area contributed by atoms with Crippen molar-refractivity contribution in [3.8, 4) is 0 Å². The number of rotatable bonds is 4. The Morgan fingerprint density at radius 3 is 2.36 bits per heavy atom. The molecule has 1 heterocycles. The Bertz CT molecular complexity index is 903. The highest BCUT2D eigenvalue weighted by Crippen LogP contribution is 2.23. The van der Waals surface area contributed by atoms with Crippen LogP contribution in [-0.4, -0.2) is 11.8 Å². The minimum atomic E-state index is -0.353. The fraction of sp³-hybridized carbons (Fsp3) is 0.0526. The Morgan fingerprint density at radius 2 is 1.72 bits per heavy atom. The van der Waals surface area contributed by atoms with E-state index in [0.29, 0.717) is 22.0 Å². The zero-order valence-electron chi connectivity index (χ0n) is 13.4. The summed E-state index contributed by atoms with van der Waals surface area (Å²) in [7, 11) is 0. The lowest BCUT2D eigenvalue weighted by Crippen LogP contribution is -2.13. The summed E-state index contributed by atoms with van der Waals surface area (Å²) in [5.41, 5.74) is 2.58. The van der Waals surface area contributed by atoms with Crippen molar-refractivity contribution in [2.75, 3.05) is 10.6 Å². The Kier molecular flexibility index (Phi) is 4.86. The van der Waals surface area contributed by atoms with Crippen molar-refractivity contribution in [3.63, 3.8) is 0 Å². The second kappa shape index (κ2) is 7.23. The van der Waals surface area contributed by atoms with E-state index in [0.717, 1.165) is 5.56 Å². The molecule has 0 unspecified atom stereocenters. The average molecular weight is 355 g/mol. The highest BCUT2D eigenvalue weighted by molar-refractivity contribution is 6.34. The van der Waals surface area contributed by atoms with Gasteiger partial charge in [0.1, 0.15) is 0 Å². The van der Waals surface area contributed by atoms with Gasteiger partial charge >= 0.3 is 0 Å². The summed E-state index contributed by atoms with van der Waals surface area (Å²) >= 11 is 6.12. The van der Waals surface area contributed by atoms with E-state index >= 15 is 0 Å². The fourth-order valence-corrected chi connectivity index (χ4v) is 2.50. The number of furan rings is 1. The second-order valence-corrected chi connectivity index (χ2v) is 5.85. The number of nitrogens with one attached hydrogen (secondary N) is 2. The molecular formula is C19H15ClN2O3. The molecule has 25 heavy (non-hydrogen) atoms. The third-order valence-electron chi connectivity index (χ3n) is 3.52. The monoisotopic (exact) mass is 354 g/mol. The summed E-state index contributed by atoms with van der Waals surface area (Å²) in [6.07, 6.45) is 1.43. The van der Waals surface area contributed by atoms with Gasteiger partial charge in [-0.2, -0.15) is 0 Å². The molecule has 2 aromatic carbocycles. The van der Waals surface area contributed by atoms with Crippen LogP contribution in [0.5, 0.6) is 0 Å². The zero-order valence-corrected chi connectivity index (χ0v) is 14.1. The maximum absolute atomic E-state index is 12.3. The molecular weight excluding hydrogens is 340 g/mol. The Balaban J connectivity index is 1.67. The predicted molar refractivity (Wildman–Crippen MR) is 97.2 cm³/mol. The van der Waals surface area contributed by atoms with E-state index in [9.17, 15) is 9.59 Å². The molecule has 0 bridgehead atoms. The summed E-state index contributed by atoms with van der Waals surface area (Å²) in [5.74, 6) is -0.417. The summed E-state index contributed by atoms with van der Waals surface area (Å²) < 4.78 is 5.03. The minimum absolute atomic E-state index is 0.218. The van der Waals surface area contributed by atoms with Gasteiger partial charge in [0.15, 0.2) is 5.76 Å². The molecule has 0 radical (unpaired) electrons. The normalized spacial score (nSPS) is 10.3. The lowest BCUT2D eigenvalue weighted by molar-refractivity contribution is 0.0995. The molecule has 0 saturated carbocycles. The third-order valence-corrected chi connectivity index (χ3v) is 3.84. The largest absolute Gasteiger partial charge is 0.459 e. The number of halogens is 1. The molecule has 0 atom stereocenters. The first-order chi connectivity index (χ1) is 12.0. The van der Waals surface area contributed by atoms with Gasteiger partial charge in [-0.3, -0.25) is 9.59 Å². The van der Waals surface area contributed by atoms with Gasteiger partial charge in [0, 0.05) is 11.3 Å². The predicted octanol–water partition coefficient (Wildman–Crippen LogP) is 4.75. The second-order valence-electron chi connectivity index (χ2n) is 5.45. The first-order valence-electron chi connectivity index (χ1n) is 7.55. The van der Waals surface area contributed by atoms with Crippen molar-refractivity contribution >= 4 is 34.8 Å². The first kappa shape index (κ1) is 16.8. The highest BCUT2D eigenvalue weighted by atomic mass is 35.5. The van der Waals surface area contributed by atoms with Gasteiger partial charge in [-0.1, -0.05) is 17.7 Å². The van der Waals surface area contributed by atoms with Crippen LogP contribution in [-0.2, 0) is 0 Å². The molecule has 0 saturated heterocycles. The van der Waals surface area contributed by atoms with Crippen LogP contribution >= 0.6 is 11.6 Å². The lowest BCUT2D eigenvalue weighted by atomic mass is 10.1. The fourth-order valence-electron chi connectivity index (χ4n) is 2.22. The SMILES string of the molecule is Cc1ccc(NC(=O)c2ccc(NC(=O)c3ccco3)cc2)c(Cl)c1. The van der Waals surface area contributed by atoms with E-state index in [1.165, 1.54) is 6.26 Å². The number of amides is 2. The topological polar surface area (TPSA) is 71.3 Å². The number of hydrogen-bond acceptors (Lipinski definition) is 3. The molecule has 2 N–H and O–H groups in total. The van der Waals surface area contributed by atoms with Crippen LogP contribution < -0.4 is 10.6 Å². The molecule has 3 rings (SSSR count). The molecule has 3 aromatic rings. The van der Waals surface area contributed by atoms with Gasteiger partial charge in [-0.25, -0.2) is 0 Å². The number of carbonyl (C=O) groups is 2. The average Bonchev–Trinajstić information content (AvgIpc) is 3.13. The lowest BCUT2D eigenvalue weighted by Gasteiger charge is -2.09. The Labute approximate surface area is 149 Å². The van der Waals surface area contributed by atoms with E-state index in [1.807, 2.05) is 13.0 Å². The van der Waals surface area contributed by atoms with Crippen molar-refractivity contribution in [1.29, 1.82) is 0 Å². The van der Waals surface area contributed by atoms with Gasteiger partial charge in [-0.05, 0) is 61.0 Å². The van der Waals surface area contributed by atoms with Gasteiger partial charge in [0.05, 0.1) is 17.0 Å². The quantitative estimate of drug-likeness (QED) is 0.710. The van der Waals surface area contributed by atoms with E-state index in [4.69, 9.17) is 16.0 Å². The number of hydrogen-bond donors (Lipinski definition) is 2. The minimum Gasteiger partial charge on any atom is -0.459 e. The van der Waals surface area contributed by atoms with E-state index in [1.54, 1.807) is 48.5 Å². The maximum atomic E-state index is 12.3. The molecule has 0 aliphatic carbocycles. The van der Waals surface area contributed by atoms with Gasteiger partial charge < -0.3 is 15.1 Å². The van der Waals surface area contributed by atoms with Crippen LogP contribution in [0.2, 0.25) is 5.02 Å². The van der Waals surface area contributed by atoms with Gasteiger partial charge in [0.2, 0.25) is 0 Å². The van der Waals surface area contributed by atoms with Crippen LogP contribution in [0.4, 0.5) is 11.4 Å². The smallest absolute Gasteiger partial charge is 0.291 e. The van der Waals surface area contributed by atoms with Crippen molar-refractivity contribution in [1.82, 2.24) is 0 Å². The maximum Gasteiger partial charge on any atom is 0.291 e. The standard InChI is InChI=1S/C19H15ClN2O3/c1-12-4-9-16(15(20)11-12)22-18(23)13-5-7-14(8-6-13)21-19(24)17-3-2-10-25-17/h2-11H,1H3,(H,21,24)(H,22,23). The summed E-state index contributed by atoms with van der Waals surface area (Å²) in [5, 5.41) is 5.94. The number of anilines is 2. The van der Waals surface area contributed by atoms with Crippen LogP contribution in [0.1, 0.15) is 26.5 Å². The van der Waals surface area contributed by atoms with E-state index in [-0.39, 0.29) is 17.6 Å². The molecule has 1 aromatic heterocycles. The summed E-state index contributed by atoms with van der Waals surface area (Å²) in [6, 6.07) is 15.1. The van der Waals surface area contributed by atoms with E-state index < -0.39 is 0 Å². The van der Waals surface area contributed by atoms with Crippen LogP contribution in [0.25, 0.3) is 0 Å². The number of aryl methyl sites for hydroxylation is 1. The molecule has 126 valence electrons. The Morgan fingerprint density at radius 1 is 0.960 bits per heavy atom. The van der Waals surface area contributed by atoms with Crippen molar-refractivity contribution in [3.05, 3.63) is 82.8 Å². The van der Waals surface area contributed by atoms with Crippen LogP contribution in [0.15, 0.2) is 65.3 Å². The molecule has 0 spiro atoms. The van der Waals surface area contributed by atoms with Gasteiger partial charge in [-0.15, -0.1) is 0 Å². The van der Waals surface area contributed by atoms with Crippen molar-refractivity contribution < 1.29 is 14.0 Å². The van der Waals surface area contributed by atoms with Crippen molar-refractivity contribution in [2.45, 2.75) is 6.92 Å². The molecule has 5 nitrogen and oxygen atoms in total. The molecule has 0 aliphatic heterocycles. The summed E-state index contributed by atoms with van der Waals surface area (Å²) in [6.45, 7) is 1.92. The van der Waals surface area contributed by atoms with Crippen LogP contribution in [0.3, 0.4) is 0 Å². The highest BCUT2D eigenvalue weighted by Gasteiger charge is 2.11. The Hall–Kier alpha value is -3.05. The van der Waals surface area contributed by atoms with Gasteiger partial charge in [0.25, 0.3) is 11.8 Å². The van der Waals surface area contributed by atoms with E-state index in [2.05, 4.69) is 10.6 Å². The molecule has 6 heteroatoms. The zero-order chi connectivity index (χ0) is 17.8. The first-order valence-corrected chi connectivity index (χ1v) is 7.93. The number of carbonyl (C=O) groups excluding carboxylic acids is 2. The molecule has 0 aliphatic rings. The number of benzene rings is 2. The molecule has 0 fully saturated rings. The van der Waals surface area contributed by atoms with Crippen molar-refractivity contribution in [2.24, 2.45) is 0 Å². The van der Waals surface area contributed by atoms with Crippen LogP contribution in [0, 0.1) is 6.92 Å².